The van der Waals surface area contributed by atoms with E-state index in [1.165, 1.54) is 12.1 Å². The maximum atomic E-state index is 12.7. The summed E-state index contributed by atoms with van der Waals surface area (Å²) in [5.74, 6) is -0.621. The number of benzene rings is 2. The number of amides is 2. The molecule has 2 aromatic carbocycles. The first-order valence-corrected chi connectivity index (χ1v) is 8.21. The van der Waals surface area contributed by atoms with Gasteiger partial charge in [-0.25, -0.2) is 4.90 Å². The Kier molecular flexibility index (Phi) is 4.51. The highest BCUT2D eigenvalue weighted by molar-refractivity contribution is 6.53. The van der Waals surface area contributed by atoms with Gasteiger partial charge in [0.15, 0.2) is 0 Å². The van der Waals surface area contributed by atoms with Crippen LogP contribution in [0.4, 0.5) is 11.4 Å². The van der Waals surface area contributed by atoms with Crippen LogP contribution in [-0.4, -0.2) is 16.9 Å². The Labute approximate surface area is 150 Å². The van der Waals surface area contributed by atoms with Gasteiger partial charge >= 0.3 is 0 Å². The summed E-state index contributed by atoms with van der Waals surface area (Å²) in [5.41, 5.74) is 2.15. The Bertz CT molecular complexity index is 855. The normalized spacial score (nSPS) is 14.6. The number of rotatable bonds is 4. The molecule has 128 valence electrons. The molecule has 1 aliphatic rings. The third-order valence-corrected chi connectivity index (χ3v) is 4.33. The zero-order valence-corrected chi connectivity index (χ0v) is 14.5. The van der Waals surface area contributed by atoms with Crippen molar-refractivity contribution in [1.82, 2.24) is 0 Å². The zero-order valence-electron chi connectivity index (χ0n) is 13.8. The van der Waals surface area contributed by atoms with E-state index in [0.29, 0.717) is 17.3 Å². The SMILES string of the molecule is CC(C)c1ccc(N2C(=O)C(Cl)=C(Nc3ccc(O)cc3)C2=O)cc1. The van der Waals surface area contributed by atoms with Gasteiger partial charge in [-0.15, -0.1) is 0 Å². The second kappa shape index (κ2) is 6.61. The van der Waals surface area contributed by atoms with Gasteiger partial charge in [0, 0.05) is 5.69 Å². The van der Waals surface area contributed by atoms with E-state index in [4.69, 9.17) is 11.6 Å². The van der Waals surface area contributed by atoms with Crippen LogP contribution in [0.3, 0.4) is 0 Å². The van der Waals surface area contributed by atoms with Gasteiger partial charge in [0.25, 0.3) is 11.8 Å². The third-order valence-electron chi connectivity index (χ3n) is 3.98. The van der Waals surface area contributed by atoms with Crippen LogP contribution in [0.1, 0.15) is 25.3 Å². The smallest absolute Gasteiger partial charge is 0.283 e. The van der Waals surface area contributed by atoms with Crippen molar-refractivity contribution in [3.8, 4) is 5.75 Å². The maximum Gasteiger partial charge on any atom is 0.283 e. The highest BCUT2D eigenvalue weighted by Crippen LogP contribution is 2.31. The number of carbonyl (C=O) groups is 2. The molecule has 2 aromatic rings. The van der Waals surface area contributed by atoms with Crippen LogP contribution in [0.5, 0.6) is 5.75 Å². The molecule has 1 heterocycles. The highest BCUT2D eigenvalue weighted by Gasteiger charge is 2.38. The van der Waals surface area contributed by atoms with Gasteiger partial charge < -0.3 is 10.4 Å². The second-order valence-corrected chi connectivity index (χ2v) is 6.43. The van der Waals surface area contributed by atoms with Crippen LogP contribution in [0.25, 0.3) is 0 Å². The van der Waals surface area contributed by atoms with Crippen molar-refractivity contribution in [2.45, 2.75) is 19.8 Å². The fraction of sp³-hybridized carbons (Fsp3) is 0.158. The average molecular weight is 357 g/mol. The minimum absolute atomic E-state index is 0.0188. The lowest BCUT2D eigenvalue weighted by Gasteiger charge is -2.16. The number of carbonyl (C=O) groups excluding carboxylic acids is 2. The maximum absolute atomic E-state index is 12.7. The largest absolute Gasteiger partial charge is 0.508 e. The summed E-state index contributed by atoms with van der Waals surface area (Å²) < 4.78 is 0. The molecule has 0 saturated heterocycles. The topological polar surface area (TPSA) is 69.6 Å². The van der Waals surface area contributed by atoms with E-state index in [9.17, 15) is 14.7 Å². The van der Waals surface area contributed by atoms with Gasteiger partial charge in [-0.05, 0) is 47.9 Å². The van der Waals surface area contributed by atoms with Crippen molar-refractivity contribution < 1.29 is 14.7 Å². The van der Waals surface area contributed by atoms with Crippen molar-refractivity contribution in [1.29, 1.82) is 0 Å². The molecule has 0 bridgehead atoms. The van der Waals surface area contributed by atoms with Crippen molar-refractivity contribution in [2.24, 2.45) is 0 Å². The van der Waals surface area contributed by atoms with Gasteiger partial charge in [0.1, 0.15) is 16.5 Å². The molecule has 1 aliphatic heterocycles. The Hall–Kier alpha value is -2.79. The van der Waals surface area contributed by atoms with E-state index >= 15 is 0 Å². The average Bonchev–Trinajstić information content (AvgIpc) is 2.80. The van der Waals surface area contributed by atoms with Gasteiger partial charge in [-0.3, -0.25) is 9.59 Å². The van der Waals surface area contributed by atoms with E-state index in [-0.39, 0.29) is 16.5 Å². The first kappa shape index (κ1) is 17.0. The molecule has 5 nitrogen and oxygen atoms in total. The lowest BCUT2D eigenvalue weighted by Crippen LogP contribution is -2.32. The summed E-state index contributed by atoms with van der Waals surface area (Å²) in [6.07, 6.45) is 0. The number of nitrogens with zero attached hydrogens (tertiary/aromatic N) is 1. The lowest BCUT2D eigenvalue weighted by atomic mass is 10.0. The summed E-state index contributed by atoms with van der Waals surface area (Å²) in [7, 11) is 0. The predicted molar refractivity (Wildman–Crippen MR) is 97.6 cm³/mol. The predicted octanol–water partition coefficient (Wildman–Crippen LogP) is 3.95. The summed E-state index contributed by atoms with van der Waals surface area (Å²) in [6.45, 7) is 4.14. The number of halogens is 1. The number of phenolic OH excluding ortho intramolecular Hbond substituents is 1. The molecule has 0 saturated carbocycles. The summed E-state index contributed by atoms with van der Waals surface area (Å²) >= 11 is 6.09. The monoisotopic (exact) mass is 356 g/mol. The first-order valence-electron chi connectivity index (χ1n) is 7.83. The number of phenols is 1. The summed E-state index contributed by atoms with van der Waals surface area (Å²) in [5, 5.41) is 12.0. The Balaban J connectivity index is 1.86. The zero-order chi connectivity index (χ0) is 18.1. The quantitative estimate of drug-likeness (QED) is 0.642. The van der Waals surface area contributed by atoms with Gasteiger partial charge in [0.05, 0.1) is 5.69 Å². The molecule has 2 N–H and O–H groups in total. The highest BCUT2D eigenvalue weighted by atomic mass is 35.5. The van der Waals surface area contributed by atoms with Crippen molar-refractivity contribution in [2.75, 3.05) is 10.2 Å². The van der Waals surface area contributed by atoms with E-state index < -0.39 is 11.8 Å². The molecule has 0 fully saturated rings. The molecular weight excluding hydrogens is 340 g/mol. The van der Waals surface area contributed by atoms with Gasteiger partial charge in [-0.2, -0.15) is 0 Å². The molecule has 0 aliphatic carbocycles. The molecule has 2 amide bonds. The van der Waals surface area contributed by atoms with Gasteiger partial charge in [0.2, 0.25) is 0 Å². The fourth-order valence-electron chi connectivity index (χ4n) is 2.54. The minimum atomic E-state index is -0.565. The molecule has 0 unspecified atom stereocenters. The van der Waals surface area contributed by atoms with Crippen molar-refractivity contribution in [3.63, 3.8) is 0 Å². The van der Waals surface area contributed by atoms with Gasteiger partial charge in [-0.1, -0.05) is 37.6 Å². The van der Waals surface area contributed by atoms with Crippen LogP contribution in [0.2, 0.25) is 0 Å². The molecule has 6 heteroatoms. The van der Waals surface area contributed by atoms with Crippen molar-refractivity contribution in [3.05, 3.63) is 64.8 Å². The minimum Gasteiger partial charge on any atom is -0.508 e. The molecule has 0 aromatic heterocycles. The fourth-order valence-corrected chi connectivity index (χ4v) is 2.76. The molecule has 25 heavy (non-hydrogen) atoms. The number of hydrogen-bond acceptors (Lipinski definition) is 4. The number of nitrogens with one attached hydrogen (secondary N) is 1. The van der Waals surface area contributed by atoms with Crippen LogP contribution >= 0.6 is 11.6 Å². The number of hydrogen-bond donors (Lipinski definition) is 2. The molecule has 0 atom stereocenters. The van der Waals surface area contributed by atoms with E-state index in [1.54, 1.807) is 24.3 Å². The van der Waals surface area contributed by atoms with Crippen molar-refractivity contribution >= 4 is 34.8 Å². The third kappa shape index (κ3) is 3.23. The molecular formula is C19H17ClN2O3. The molecule has 0 radical (unpaired) electrons. The van der Waals surface area contributed by atoms with Crippen LogP contribution in [0.15, 0.2) is 59.3 Å². The Morgan fingerprint density at radius 2 is 1.56 bits per heavy atom. The van der Waals surface area contributed by atoms with E-state index in [2.05, 4.69) is 19.2 Å². The number of aromatic hydroxyl groups is 1. The number of anilines is 2. The Morgan fingerprint density at radius 1 is 0.960 bits per heavy atom. The summed E-state index contributed by atoms with van der Waals surface area (Å²) in [6, 6.07) is 13.4. The van der Waals surface area contributed by atoms with E-state index in [1.807, 2.05) is 12.1 Å². The molecule has 3 rings (SSSR count). The standard InChI is InChI=1S/C19H17ClN2O3/c1-11(2)12-3-7-14(8-4-12)22-18(24)16(20)17(19(22)25)21-13-5-9-15(23)10-6-13/h3-11,21,23H,1-2H3. The van der Waals surface area contributed by atoms with Crippen LogP contribution in [-0.2, 0) is 9.59 Å². The van der Waals surface area contributed by atoms with Crippen LogP contribution in [0, 0.1) is 0 Å². The molecule has 0 spiro atoms. The second-order valence-electron chi connectivity index (χ2n) is 6.05. The number of imide groups is 1. The van der Waals surface area contributed by atoms with Crippen LogP contribution < -0.4 is 10.2 Å². The first-order chi connectivity index (χ1) is 11.9. The van der Waals surface area contributed by atoms with E-state index in [0.717, 1.165) is 10.5 Å². The lowest BCUT2D eigenvalue weighted by molar-refractivity contribution is -0.120. The Morgan fingerprint density at radius 3 is 2.12 bits per heavy atom. The summed E-state index contributed by atoms with van der Waals surface area (Å²) in [4.78, 5) is 26.1.